The number of benzene rings is 2. The molecule has 3 rings (SSSR count). The van der Waals surface area contributed by atoms with Crippen LogP contribution in [0.2, 0.25) is 5.02 Å². The molecule has 0 aliphatic carbocycles. The SMILES string of the molecule is O=C(Cc1ccc(Cl)cc1)Nc1ccc2c(c1)S(=O)(=O)C=C2. The van der Waals surface area contributed by atoms with Crippen molar-refractivity contribution in [2.75, 3.05) is 5.32 Å². The number of sulfone groups is 1. The van der Waals surface area contributed by atoms with Gasteiger partial charge >= 0.3 is 0 Å². The van der Waals surface area contributed by atoms with Crippen molar-refractivity contribution < 1.29 is 13.2 Å². The first-order chi connectivity index (χ1) is 10.4. The number of amides is 1. The van der Waals surface area contributed by atoms with Crippen molar-refractivity contribution in [2.24, 2.45) is 0 Å². The summed E-state index contributed by atoms with van der Waals surface area (Å²) < 4.78 is 23.6. The summed E-state index contributed by atoms with van der Waals surface area (Å²) in [6.07, 6.45) is 1.74. The summed E-state index contributed by atoms with van der Waals surface area (Å²) in [6.45, 7) is 0. The lowest BCUT2D eigenvalue weighted by atomic mass is 10.1. The number of nitrogens with one attached hydrogen (secondary N) is 1. The summed E-state index contributed by atoms with van der Waals surface area (Å²) in [6, 6.07) is 11.8. The minimum absolute atomic E-state index is 0.194. The number of hydrogen-bond donors (Lipinski definition) is 1. The molecule has 0 fully saturated rings. The van der Waals surface area contributed by atoms with Gasteiger partial charge in [-0.05, 0) is 41.5 Å². The van der Waals surface area contributed by atoms with Crippen molar-refractivity contribution in [3.63, 3.8) is 0 Å². The molecule has 2 aromatic carbocycles. The van der Waals surface area contributed by atoms with E-state index in [4.69, 9.17) is 11.6 Å². The Morgan fingerprint density at radius 3 is 2.55 bits per heavy atom. The average molecular weight is 334 g/mol. The predicted octanol–water partition coefficient (Wildman–Crippen LogP) is 3.28. The Kier molecular flexibility index (Phi) is 3.76. The second-order valence-corrected chi connectivity index (χ2v) is 7.19. The lowest BCUT2D eigenvalue weighted by molar-refractivity contribution is -0.115. The standard InChI is InChI=1S/C16H12ClNO3S/c17-13-4-1-11(2-5-13)9-16(19)18-14-6-3-12-7-8-22(20,21)15(12)10-14/h1-8,10H,9H2,(H,18,19). The third-order valence-electron chi connectivity index (χ3n) is 3.31. The number of rotatable bonds is 3. The Labute approximate surface area is 133 Å². The number of hydrogen-bond acceptors (Lipinski definition) is 3. The van der Waals surface area contributed by atoms with Gasteiger partial charge in [0.15, 0.2) is 0 Å². The zero-order valence-corrected chi connectivity index (χ0v) is 13.0. The molecule has 6 heteroatoms. The molecule has 0 aromatic heterocycles. The van der Waals surface area contributed by atoms with E-state index in [0.29, 0.717) is 16.3 Å². The number of fused-ring (bicyclic) bond motifs is 1. The van der Waals surface area contributed by atoms with Gasteiger partial charge in [0.05, 0.1) is 11.3 Å². The van der Waals surface area contributed by atoms with Gasteiger partial charge in [0.2, 0.25) is 15.7 Å². The van der Waals surface area contributed by atoms with Gasteiger partial charge in [-0.3, -0.25) is 4.79 Å². The number of anilines is 1. The third-order valence-corrected chi connectivity index (χ3v) is 5.02. The zero-order valence-electron chi connectivity index (χ0n) is 11.4. The maximum atomic E-state index is 12.0. The molecule has 112 valence electrons. The van der Waals surface area contributed by atoms with Gasteiger partial charge in [-0.2, -0.15) is 0 Å². The summed E-state index contributed by atoms with van der Waals surface area (Å²) in [5.41, 5.74) is 1.93. The highest BCUT2D eigenvalue weighted by atomic mass is 35.5. The molecule has 4 nitrogen and oxygen atoms in total. The fraction of sp³-hybridized carbons (Fsp3) is 0.0625. The van der Waals surface area contributed by atoms with E-state index in [-0.39, 0.29) is 17.2 Å². The Bertz CT molecular complexity index is 871. The molecule has 1 aliphatic rings. The fourth-order valence-electron chi connectivity index (χ4n) is 2.23. The second-order valence-electron chi connectivity index (χ2n) is 4.95. The minimum Gasteiger partial charge on any atom is -0.326 e. The number of carbonyl (C=O) groups excluding carboxylic acids is 1. The van der Waals surface area contributed by atoms with E-state index in [1.807, 2.05) is 0 Å². The van der Waals surface area contributed by atoms with Crippen molar-refractivity contribution >= 4 is 39.1 Å². The van der Waals surface area contributed by atoms with Crippen LogP contribution in [-0.2, 0) is 21.1 Å². The summed E-state index contributed by atoms with van der Waals surface area (Å²) in [4.78, 5) is 12.2. The molecule has 0 unspecified atom stereocenters. The van der Waals surface area contributed by atoms with Gasteiger partial charge < -0.3 is 5.32 Å². The van der Waals surface area contributed by atoms with E-state index >= 15 is 0 Å². The van der Waals surface area contributed by atoms with Crippen LogP contribution >= 0.6 is 11.6 Å². The molecule has 0 radical (unpaired) electrons. The van der Waals surface area contributed by atoms with Crippen molar-refractivity contribution in [2.45, 2.75) is 11.3 Å². The summed E-state index contributed by atoms with van der Waals surface area (Å²) in [5, 5.41) is 4.48. The topological polar surface area (TPSA) is 63.2 Å². The van der Waals surface area contributed by atoms with E-state index in [1.165, 1.54) is 6.07 Å². The highest BCUT2D eigenvalue weighted by Gasteiger charge is 2.21. The van der Waals surface area contributed by atoms with Crippen LogP contribution in [-0.4, -0.2) is 14.3 Å². The lowest BCUT2D eigenvalue weighted by Gasteiger charge is -2.07. The first kappa shape index (κ1) is 14.8. The molecule has 1 heterocycles. The highest BCUT2D eigenvalue weighted by Crippen LogP contribution is 2.29. The molecule has 0 atom stereocenters. The number of carbonyl (C=O) groups is 1. The number of halogens is 1. The van der Waals surface area contributed by atoms with Crippen LogP contribution < -0.4 is 5.32 Å². The van der Waals surface area contributed by atoms with Gasteiger partial charge in [-0.15, -0.1) is 0 Å². The molecule has 2 aromatic rings. The van der Waals surface area contributed by atoms with Crippen molar-refractivity contribution in [1.29, 1.82) is 0 Å². The average Bonchev–Trinajstić information content (AvgIpc) is 2.77. The van der Waals surface area contributed by atoms with Gasteiger partial charge in [0, 0.05) is 16.1 Å². The molecule has 0 spiro atoms. The van der Waals surface area contributed by atoms with Crippen molar-refractivity contribution in [1.82, 2.24) is 0 Å². The van der Waals surface area contributed by atoms with E-state index in [0.717, 1.165) is 11.0 Å². The van der Waals surface area contributed by atoms with Crippen LogP contribution in [0.25, 0.3) is 6.08 Å². The summed E-state index contributed by atoms with van der Waals surface area (Å²) in [5.74, 6) is -0.217. The minimum atomic E-state index is -3.37. The largest absolute Gasteiger partial charge is 0.326 e. The second kappa shape index (κ2) is 5.59. The highest BCUT2D eigenvalue weighted by molar-refractivity contribution is 7.94. The molecular weight excluding hydrogens is 322 g/mol. The Balaban J connectivity index is 1.74. The lowest BCUT2D eigenvalue weighted by Crippen LogP contribution is -2.14. The van der Waals surface area contributed by atoms with Crippen LogP contribution in [0.5, 0.6) is 0 Å². The van der Waals surface area contributed by atoms with Crippen LogP contribution in [0, 0.1) is 0 Å². The predicted molar refractivity (Wildman–Crippen MR) is 86.4 cm³/mol. The van der Waals surface area contributed by atoms with Gasteiger partial charge in [0.25, 0.3) is 0 Å². The van der Waals surface area contributed by atoms with Gasteiger partial charge in [0.1, 0.15) is 0 Å². The van der Waals surface area contributed by atoms with Crippen molar-refractivity contribution in [3.05, 3.63) is 64.0 Å². The summed E-state index contributed by atoms with van der Waals surface area (Å²) in [7, 11) is -3.37. The smallest absolute Gasteiger partial charge is 0.228 e. The zero-order chi connectivity index (χ0) is 15.7. The molecule has 1 amide bonds. The molecule has 0 saturated heterocycles. The summed E-state index contributed by atoms with van der Waals surface area (Å²) >= 11 is 5.80. The van der Waals surface area contributed by atoms with E-state index in [2.05, 4.69) is 5.32 Å². The molecule has 0 saturated carbocycles. The fourth-order valence-corrected chi connectivity index (χ4v) is 3.58. The van der Waals surface area contributed by atoms with Crippen LogP contribution in [0.1, 0.15) is 11.1 Å². The molecule has 1 N–H and O–H groups in total. The Hall–Kier alpha value is -2.11. The normalized spacial score (nSPS) is 14.6. The molecule has 0 bridgehead atoms. The van der Waals surface area contributed by atoms with Crippen LogP contribution in [0.3, 0.4) is 0 Å². The third kappa shape index (κ3) is 3.05. The van der Waals surface area contributed by atoms with E-state index in [1.54, 1.807) is 42.5 Å². The Morgan fingerprint density at radius 1 is 1.09 bits per heavy atom. The van der Waals surface area contributed by atoms with Gasteiger partial charge in [-0.1, -0.05) is 29.8 Å². The van der Waals surface area contributed by atoms with Gasteiger partial charge in [-0.25, -0.2) is 8.42 Å². The van der Waals surface area contributed by atoms with Crippen LogP contribution in [0.4, 0.5) is 5.69 Å². The van der Waals surface area contributed by atoms with E-state index in [9.17, 15) is 13.2 Å². The molecule has 1 aliphatic heterocycles. The Morgan fingerprint density at radius 2 is 1.82 bits per heavy atom. The van der Waals surface area contributed by atoms with Crippen LogP contribution in [0.15, 0.2) is 52.8 Å². The molecular formula is C16H12ClNO3S. The maximum Gasteiger partial charge on any atom is 0.228 e. The maximum absolute atomic E-state index is 12.0. The van der Waals surface area contributed by atoms with E-state index < -0.39 is 9.84 Å². The van der Waals surface area contributed by atoms with Crippen molar-refractivity contribution in [3.8, 4) is 0 Å². The molecule has 22 heavy (non-hydrogen) atoms. The first-order valence-electron chi connectivity index (χ1n) is 6.55. The first-order valence-corrected chi connectivity index (χ1v) is 8.48. The monoisotopic (exact) mass is 333 g/mol. The quantitative estimate of drug-likeness (QED) is 0.937.